The van der Waals surface area contributed by atoms with Gasteiger partial charge in [0.25, 0.3) is 0 Å². The van der Waals surface area contributed by atoms with Crippen LogP contribution in [0.3, 0.4) is 0 Å². The van der Waals surface area contributed by atoms with Crippen LogP contribution in [0.25, 0.3) is 4.85 Å². The highest BCUT2D eigenvalue weighted by Gasteiger charge is 2.11. The molecule has 0 atom stereocenters. The third kappa shape index (κ3) is 3.49. The van der Waals surface area contributed by atoms with Gasteiger partial charge in [0.2, 0.25) is 0 Å². The van der Waals surface area contributed by atoms with Gasteiger partial charge in [-0.05, 0) is 30.3 Å². The third-order valence-electron chi connectivity index (χ3n) is 2.62. The Morgan fingerprint density at radius 2 is 1.95 bits per heavy atom. The van der Waals surface area contributed by atoms with Crippen molar-refractivity contribution in [3.05, 3.63) is 53.6 Å². The van der Waals surface area contributed by atoms with Crippen molar-refractivity contribution in [2.24, 2.45) is 0 Å². The number of benzene rings is 2. The zero-order valence-electron chi connectivity index (χ0n) is 11.0. The summed E-state index contributed by atoms with van der Waals surface area (Å²) in [6, 6.07) is 7.54. The minimum Gasteiger partial charge on any atom is -0.456 e. The van der Waals surface area contributed by atoms with Crippen LogP contribution in [0.2, 0.25) is 0 Å². The van der Waals surface area contributed by atoms with E-state index in [0.29, 0.717) is 0 Å². The number of nitrogen functional groups attached to an aromatic ring is 1. The second-order valence-corrected chi connectivity index (χ2v) is 6.35. The van der Waals surface area contributed by atoms with E-state index in [-0.39, 0.29) is 27.8 Å². The van der Waals surface area contributed by atoms with Crippen LogP contribution in [-0.2, 0) is 9.84 Å². The molecule has 0 fully saturated rings. The van der Waals surface area contributed by atoms with E-state index in [1.807, 2.05) is 0 Å². The topological polar surface area (TPSA) is 73.8 Å². The Kier molecular flexibility index (Phi) is 3.82. The fourth-order valence-corrected chi connectivity index (χ4v) is 2.30. The number of nitrogens with two attached hydrogens (primary N) is 1. The van der Waals surface area contributed by atoms with Crippen molar-refractivity contribution in [1.82, 2.24) is 0 Å². The first-order valence-electron chi connectivity index (χ1n) is 5.75. The number of halogens is 1. The Balaban J connectivity index is 2.37. The van der Waals surface area contributed by atoms with Crippen molar-refractivity contribution in [3.8, 4) is 11.5 Å². The molecule has 0 amide bonds. The van der Waals surface area contributed by atoms with Crippen molar-refractivity contribution in [2.45, 2.75) is 4.90 Å². The van der Waals surface area contributed by atoms with Gasteiger partial charge >= 0.3 is 0 Å². The average Bonchev–Trinajstić information content (AvgIpc) is 2.39. The lowest BCUT2D eigenvalue weighted by Gasteiger charge is -2.10. The molecule has 0 aliphatic carbocycles. The van der Waals surface area contributed by atoms with Gasteiger partial charge in [-0.1, -0.05) is 0 Å². The van der Waals surface area contributed by atoms with Gasteiger partial charge in [0.1, 0.15) is 17.3 Å². The van der Waals surface area contributed by atoms with Crippen molar-refractivity contribution in [3.63, 3.8) is 0 Å². The predicted molar refractivity (Wildman–Crippen MR) is 76.7 cm³/mol. The highest BCUT2D eigenvalue weighted by atomic mass is 32.2. The van der Waals surface area contributed by atoms with Gasteiger partial charge < -0.3 is 10.5 Å². The summed E-state index contributed by atoms with van der Waals surface area (Å²) in [5, 5.41) is 0. The molecule has 0 aliphatic rings. The number of nitrogens with zero attached hydrogens (tertiary/aromatic N) is 1. The first-order valence-corrected chi connectivity index (χ1v) is 7.64. The standard InChI is InChI=1S/C14H11FN2O3S/c1-17-10-5-9(15)6-11(7-10)20-14-4-3-12(8-13(14)16)21(2,18)19/h3-8H,16H2,2H3. The molecule has 5 nitrogen and oxygen atoms in total. The molecule has 0 aromatic heterocycles. The molecule has 0 spiro atoms. The molecule has 0 bridgehead atoms. The molecule has 0 heterocycles. The first kappa shape index (κ1) is 14.8. The Bertz CT molecular complexity index is 842. The fraction of sp³-hybridized carbons (Fsp3) is 0.0714. The van der Waals surface area contributed by atoms with Crippen LogP contribution in [-0.4, -0.2) is 14.7 Å². The summed E-state index contributed by atoms with van der Waals surface area (Å²) < 4.78 is 41.5. The molecule has 0 aliphatic heterocycles. The molecule has 0 unspecified atom stereocenters. The second kappa shape index (κ2) is 5.42. The van der Waals surface area contributed by atoms with Gasteiger partial charge in [0.05, 0.1) is 17.2 Å². The lowest BCUT2D eigenvalue weighted by Crippen LogP contribution is -2.00. The lowest BCUT2D eigenvalue weighted by atomic mass is 10.2. The van der Waals surface area contributed by atoms with E-state index in [9.17, 15) is 12.8 Å². The summed E-state index contributed by atoms with van der Waals surface area (Å²) in [6.45, 7) is 6.87. The van der Waals surface area contributed by atoms with Crippen molar-refractivity contribution < 1.29 is 17.5 Å². The van der Waals surface area contributed by atoms with Gasteiger partial charge in [0, 0.05) is 12.3 Å². The number of sulfone groups is 1. The zero-order chi connectivity index (χ0) is 15.6. The van der Waals surface area contributed by atoms with E-state index in [2.05, 4.69) is 4.85 Å². The summed E-state index contributed by atoms with van der Waals surface area (Å²) >= 11 is 0. The summed E-state index contributed by atoms with van der Waals surface area (Å²) in [5.74, 6) is -0.312. The summed E-state index contributed by atoms with van der Waals surface area (Å²) in [6.07, 6.45) is 1.07. The highest BCUT2D eigenvalue weighted by molar-refractivity contribution is 7.90. The Morgan fingerprint density at radius 3 is 2.52 bits per heavy atom. The van der Waals surface area contributed by atoms with Crippen LogP contribution >= 0.6 is 0 Å². The van der Waals surface area contributed by atoms with Crippen LogP contribution < -0.4 is 10.5 Å². The van der Waals surface area contributed by atoms with Crippen molar-refractivity contribution in [1.29, 1.82) is 0 Å². The maximum Gasteiger partial charge on any atom is 0.193 e. The molecule has 0 saturated heterocycles. The molecule has 108 valence electrons. The molecule has 2 aromatic rings. The van der Waals surface area contributed by atoms with Crippen LogP contribution in [0, 0.1) is 12.4 Å². The minimum atomic E-state index is -3.37. The van der Waals surface area contributed by atoms with E-state index in [1.54, 1.807) is 0 Å². The summed E-state index contributed by atoms with van der Waals surface area (Å²) in [5.41, 5.74) is 5.93. The van der Waals surface area contributed by atoms with E-state index in [4.69, 9.17) is 17.0 Å². The molecule has 0 saturated carbocycles. The fourth-order valence-electron chi connectivity index (χ4n) is 1.65. The Morgan fingerprint density at radius 1 is 1.24 bits per heavy atom. The molecule has 7 heteroatoms. The van der Waals surface area contributed by atoms with Crippen LogP contribution in [0.1, 0.15) is 0 Å². The van der Waals surface area contributed by atoms with Gasteiger partial charge in [-0.3, -0.25) is 0 Å². The molecule has 21 heavy (non-hydrogen) atoms. The summed E-state index contributed by atoms with van der Waals surface area (Å²) in [4.78, 5) is 3.19. The molecule has 0 radical (unpaired) electrons. The molecule has 2 aromatic carbocycles. The van der Waals surface area contributed by atoms with Gasteiger partial charge in [-0.15, -0.1) is 0 Å². The number of hydrogen-bond donors (Lipinski definition) is 1. The van der Waals surface area contributed by atoms with E-state index in [1.165, 1.54) is 24.3 Å². The maximum absolute atomic E-state index is 13.3. The monoisotopic (exact) mass is 306 g/mol. The molecular weight excluding hydrogens is 295 g/mol. The molecular formula is C14H11FN2O3S. The number of ether oxygens (including phenoxy) is 1. The van der Waals surface area contributed by atoms with Crippen molar-refractivity contribution >= 4 is 21.2 Å². The quantitative estimate of drug-likeness (QED) is 0.698. The largest absolute Gasteiger partial charge is 0.456 e. The zero-order valence-corrected chi connectivity index (χ0v) is 11.8. The summed E-state index contributed by atoms with van der Waals surface area (Å²) in [7, 11) is -3.37. The second-order valence-electron chi connectivity index (χ2n) is 4.33. The Labute approximate surface area is 121 Å². The first-order chi connectivity index (χ1) is 9.79. The number of rotatable bonds is 3. The van der Waals surface area contributed by atoms with E-state index < -0.39 is 15.7 Å². The van der Waals surface area contributed by atoms with Gasteiger partial charge in [0.15, 0.2) is 15.5 Å². The van der Waals surface area contributed by atoms with Crippen molar-refractivity contribution in [2.75, 3.05) is 12.0 Å². The predicted octanol–water partition coefficient (Wildman–Crippen LogP) is 3.15. The van der Waals surface area contributed by atoms with Crippen LogP contribution in [0.15, 0.2) is 41.3 Å². The third-order valence-corrected chi connectivity index (χ3v) is 3.73. The van der Waals surface area contributed by atoms with Gasteiger partial charge in [-0.25, -0.2) is 17.7 Å². The highest BCUT2D eigenvalue weighted by Crippen LogP contribution is 2.32. The average molecular weight is 306 g/mol. The Hall–Kier alpha value is -2.59. The normalized spacial score (nSPS) is 10.9. The molecule has 2 rings (SSSR count). The van der Waals surface area contributed by atoms with Crippen LogP contribution in [0.4, 0.5) is 15.8 Å². The lowest BCUT2D eigenvalue weighted by molar-refractivity contribution is 0.479. The molecule has 2 N–H and O–H groups in total. The van der Waals surface area contributed by atoms with Gasteiger partial charge in [-0.2, -0.15) is 0 Å². The maximum atomic E-state index is 13.3. The minimum absolute atomic E-state index is 0.0634. The van der Waals surface area contributed by atoms with E-state index in [0.717, 1.165) is 18.4 Å². The number of hydrogen-bond acceptors (Lipinski definition) is 4. The van der Waals surface area contributed by atoms with Crippen LogP contribution in [0.5, 0.6) is 11.5 Å². The van der Waals surface area contributed by atoms with E-state index >= 15 is 0 Å². The smallest absolute Gasteiger partial charge is 0.193 e. The SMILES string of the molecule is [C-]#[N+]c1cc(F)cc(Oc2ccc(S(C)(=O)=O)cc2N)c1. The number of anilines is 1.